The Morgan fingerprint density at radius 2 is 1.83 bits per heavy atom. The normalized spacial score (nSPS) is 13.0. The summed E-state index contributed by atoms with van der Waals surface area (Å²) in [5.41, 5.74) is 0.649. The molecule has 2 aromatic rings. The number of aliphatic hydroxyl groups excluding tert-OH is 1. The van der Waals surface area contributed by atoms with Crippen molar-refractivity contribution in [1.82, 2.24) is 0 Å². The van der Waals surface area contributed by atoms with Crippen LogP contribution in [0.1, 0.15) is 17.2 Å². The molecule has 0 bridgehead atoms. The van der Waals surface area contributed by atoms with E-state index in [0.717, 1.165) is 11.8 Å². The monoisotopic (exact) mass is 331 g/mol. The number of alkyl halides is 1. The molecule has 2 rings (SSSR count). The lowest BCUT2D eigenvalue weighted by Crippen LogP contribution is -2.21. The summed E-state index contributed by atoms with van der Waals surface area (Å²) in [6.45, 7) is 0. The number of ether oxygens (including phenoxy) is 1. The maximum absolute atomic E-state index is 14.2. The van der Waals surface area contributed by atoms with Gasteiger partial charge in [-0.15, -0.1) is 0 Å². The van der Waals surface area contributed by atoms with Gasteiger partial charge >= 0.3 is 0 Å². The Kier molecular flexibility index (Phi) is 5.74. The van der Waals surface area contributed by atoms with E-state index in [1.807, 2.05) is 6.07 Å². The Bertz CT molecular complexity index is 710. The van der Waals surface area contributed by atoms with Crippen LogP contribution in [-0.4, -0.2) is 23.5 Å². The second-order valence-corrected chi connectivity index (χ2v) is 5.75. The fourth-order valence-electron chi connectivity index (χ4n) is 1.87. The fourth-order valence-corrected chi connectivity index (χ4v) is 2.61. The molecular formula is C17H14FNO3S. The third kappa shape index (κ3) is 4.31. The Morgan fingerprint density at radius 1 is 1.22 bits per heavy atom. The third-order valence-electron chi connectivity index (χ3n) is 3.16. The van der Waals surface area contributed by atoms with Crippen molar-refractivity contribution >= 4 is 16.9 Å². The van der Waals surface area contributed by atoms with Crippen LogP contribution in [0, 0.1) is 11.3 Å². The lowest BCUT2D eigenvalue weighted by Gasteiger charge is -2.15. The maximum atomic E-state index is 14.2. The van der Waals surface area contributed by atoms with E-state index in [9.17, 15) is 14.3 Å². The second-order valence-electron chi connectivity index (χ2n) is 4.68. The van der Waals surface area contributed by atoms with Gasteiger partial charge in [-0.3, -0.25) is 4.79 Å². The molecule has 0 aliphatic rings. The van der Waals surface area contributed by atoms with E-state index in [1.165, 1.54) is 31.4 Å². The minimum absolute atomic E-state index is 0.250. The molecule has 0 aliphatic carbocycles. The number of hydrogen-bond donors (Lipinski definition) is 1. The summed E-state index contributed by atoms with van der Waals surface area (Å²) in [6.07, 6.45) is -3.63. The van der Waals surface area contributed by atoms with Crippen LogP contribution < -0.4 is 4.74 Å². The quantitative estimate of drug-likeness (QED) is 0.852. The van der Waals surface area contributed by atoms with E-state index in [0.29, 0.717) is 16.2 Å². The zero-order valence-electron chi connectivity index (χ0n) is 12.3. The van der Waals surface area contributed by atoms with Gasteiger partial charge in [-0.1, -0.05) is 12.1 Å². The van der Waals surface area contributed by atoms with E-state index in [2.05, 4.69) is 0 Å². The molecule has 0 aliphatic heterocycles. The topological polar surface area (TPSA) is 70.3 Å². The summed E-state index contributed by atoms with van der Waals surface area (Å²) in [7, 11) is 1.53. The molecule has 0 saturated heterocycles. The first-order valence-corrected chi connectivity index (χ1v) is 7.54. The van der Waals surface area contributed by atoms with Crippen molar-refractivity contribution in [3.63, 3.8) is 0 Å². The smallest absolute Gasteiger partial charge is 0.230 e. The number of carbonyl (C=O) groups is 1. The Labute approximate surface area is 137 Å². The maximum Gasteiger partial charge on any atom is 0.230 e. The van der Waals surface area contributed by atoms with Crippen molar-refractivity contribution < 1.29 is 19.0 Å². The molecule has 0 heterocycles. The van der Waals surface area contributed by atoms with E-state index in [-0.39, 0.29) is 5.56 Å². The van der Waals surface area contributed by atoms with Gasteiger partial charge in [0.1, 0.15) is 11.9 Å². The molecular weight excluding hydrogens is 317 g/mol. The van der Waals surface area contributed by atoms with Gasteiger partial charge in [0.2, 0.25) is 5.12 Å². The number of nitrogens with zero attached hydrogens (tertiary/aromatic N) is 1. The van der Waals surface area contributed by atoms with Gasteiger partial charge in [-0.05, 0) is 53.7 Å². The first-order valence-electron chi connectivity index (χ1n) is 6.73. The largest absolute Gasteiger partial charge is 0.497 e. The first kappa shape index (κ1) is 17.0. The Balaban J connectivity index is 2.03. The summed E-state index contributed by atoms with van der Waals surface area (Å²) < 4.78 is 19.2. The number of nitriles is 1. The zero-order valence-corrected chi connectivity index (χ0v) is 13.1. The van der Waals surface area contributed by atoms with Crippen LogP contribution in [0.2, 0.25) is 0 Å². The second kappa shape index (κ2) is 7.77. The molecule has 0 spiro atoms. The van der Waals surface area contributed by atoms with Crippen LogP contribution in [0.4, 0.5) is 4.39 Å². The van der Waals surface area contributed by atoms with Gasteiger partial charge < -0.3 is 9.84 Å². The predicted octanol–water partition coefficient (Wildman–Crippen LogP) is 3.26. The van der Waals surface area contributed by atoms with Crippen molar-refractivity contribution in [3.8, 4) is 11.8 Å². The van der Waals surface area contributed by atoms with Crippen molar-refractivity contribution in [2.24, 2.45) is 0 Å². The van der Waals surface area contributed by atoms with Gasteiger partial charge in [-0.2, -0.15) is 5.26 Å². The summed E-state index contributed by atoms with van der Waals surface area (Å²) in [5, 5.41) is 17.9. The first-order chi connectivity index (χ1) is 11.0. The van der Waals surface area contributed by atoms with Crippen LogP contribution in [0.15, 0.2) is 53.4 Å². The predicted molar refractivity (Wildman–Crippen MR) is 84.9 cm³/mol. The highest BCUT2D eigenvalue weighted by molar-refractivity contribution is 8.13. The van der Waals surface area contributed by atoms with Gasteiger partial charge in [0, 0.05) is 4.90 Å². The molecule has 0 amide bonds. The van der Waals surface area contributed by atoms with Crippen LogP contribution in [0.25, 0.3) is 0 Å². The lowest BCUT2D eigenvalue weighted by atomic mass is 10.0. The van der Waals surface area contributed by atoms with Crippen LogP contribution >= 0.6 is 11.8 Å². The minimum Gasteiger partial charge on any atom is -0.497 e. The molecule has 118 valence electrons. The van der Waals surface area contributed by atoms with Gasteiger partial charge in [0.25, 0.3) is 0 Å². The van der Waals surface area contributed by atoms with Crippen molar-refractivity contribution in [3.05, 3.63) is 59.7 Å². The van der Waals surface area contributed by atoms with Crippen LogP contribution in [0.5, 0.6) is 5.75 Å². The molecule has 4 nitrogen and oxygen atoms in total. The molecule has 2 aromatic carbocycles. The Morgan fingerprint density at radius 3 is 2.35 bits per heavy atom. The summed E-state index contributed by atoms with van der Waals surface area (Å²) >= 11 is 0.720. The number of halogens is 1. The molecule has 0 aromatic heterocycles. The third-order valence-corrected chi connectivity index (χ3v) is 4.10. The summed E-state index contributed by atoms with van der Waals surface area (Å²) in [6, 6.07) is 14.3. The highest BCUT2D eigenvalue weighted by Gasteiger charge is 2.28. The fraction of sp³-hybridized carbons (Fsp3) is 0.176. The molecule has 6 heteroatoms. The highest BCUT2D eigenvalue weighted by atomic mass is 32.2. The molecule has 23 heavy (non-hydrogen) atoms. The molecule has 1 N–H and O–H groups in total. The number of benzene rings is 2. The molecule has 0 saturated carbocycles. The molecule has 2 atom stereocenters. The summed E-state index contributed by atoms with van der Waals surface area (Å²) in [5.74, 6) is 0.635. The van der Waals surface area contributed by atoms with Crippen LogP contribution in [-0.2, 0) is 4.79 Å². The van der Waals surface area contributed by atoms with E-state index in [4.69, 9.17) is 10.00 Å². The molecule has 0 radical (unpaired) electrons. The van der Waals surface area contributed by atoms with Crippen molar-refractivity contribution in [2.75, 3.05) is 7.11 Å². The van der Waals surface area contributed by atoms with E-state index in [1.54, 1.807) is 24.3 Å². The number of methoxy groups -OCH3 is 1. The Hall–Kier alpha value is -2.36. The highest BCUT2D eigenvalue weighted by Crippen LogP contribution is 2.29. The zero-order chi connectivity index (χ0) is 16.8. The number of rotatable bonds is 5. The lowest BCUT2D eigenvalue weighted by molar-refractivity contribution is -0.119. The number of hydrogen-bond acceptors (Lipinski definition) is 5. The van der Waals surface area contributed by atoms with E-state index < -0.39 is 17.4 Å². The van der Waals surface area contributed by atoms with Gasteiger partial charge in [0.05, 0.1) is 18.7 Å². The molecule has 0 unspecified atom stereocenters. The average molecular weight is 331 g/mol. The minimum atomic E-state index is -2.06. The van der Waals surface area contributed by atoms with E-state index >= 15 is 0 Å². The van der Waals surface area contributed by atoms with Crippen molar-refractivity contribution in [2.45, 2.75) is 17.2 Å². The average Bonchev–Trinajstić information content (AvgIpc) is 2.61. The number of carbonyl (C=O) groups excluding carboxylic acids is 1. The molecule has 0 fully saturated rings. The van der Waals surface area contributed by atoms with Crippen molar-refractivity contribution in [1.29, 1.82) is 5.26 Å². The number of aliphatic hydroxyl groups is 1. The van der Waals surface area contributed by atoms with Gasteiger partial charge in [-0.25, -0.2) is 4.39 Å². The SMILES string of the molecule is COc1ccc(SC(=O)[C@H](F)[C@H](O)c2ccc(C#N)cc2)cc1. The standard InChI is InChI=1S/C17H14FNO3S/c1-22-13-6-8-14(9-7-13)23-17(21)15(18)16(20)12-4-2-11(10-19)3-5-12/h2-9,15-16,20H,1H3/t15-,16-/m1/s1. The number of thioether (sulfide) groups is 1. The summed E-state index contributed by atoms with van der Waals surface area (Å²) in [4.78, 5) is 12.5. The van der Waals surface area contributed by atoms with Gasteiger partial charge in [0.15, 0.2) is 6.17 Å². The van der Waals surface area contributed by atoms with Crippen LogP contribution in [0.3, 0.4) is 0 Å².